The summed E-state index contributed by atoms with van der Waals surface area (Å²) in [6.07, 6.45) is 28.6. The lowest BCUT2D eigenvalue weighted by Crippen LogP contribution is -2.14. The predicted molar refractivity (Wildman–Crippen MR) is 116 cm³/mol. The molecule has 0 amide bonds. The molecule has 0 heterocycles. The summed E-state index contributed by atoms with van der Waals surface area (Å²) in [5.74, 6) is 0.800. The first-order valence-corrected chi connectivity index (χ1v) is 12.0. The fraction of sp³-hybridized carbons (Fsp3) is 1.00. The molecule has 0 aromatic heterocycles. The average Bonchev–Trinajstić information content (AvgIpc) is 2.63. The van der Waals surface area contributed by atoms with Crippen molar-refractivity contribution in [1.29, 1.82) is 0 Å². The van der Waals surface area contributed by atoms with Crippen LogP contribution in [0.2, 0.25) is 0 Å². The second-order valence-corrected chi connectivity index (χ2v) is 8.34. The van der Waals surface area contributed by atoms with Crippen LogP contribution in [0.3, 0.4) is 0 Å². The summed E-state index contributed by atoms with van der Waals surface area (Å²) in [7, 11) is 0. The zero-order valence-electron chi connectivity index (χ0n) is 18.0. The topological polar surface area (TPSA) is 26.0 Å². The number of hydrogen-bond donors (Lipinski definition) is 1. The van der Waals surface area contributed by atoms with Gasteiger partial charge in [-0.25, -0.2) is 0 Å². The van der Waals surface area contributed by atoms with Gasteiger partial charge in [0.15, 0.2) is 0 Å². The van der Waals surface area contributed by atoms with Crippen molar-refractivity contribution in [3.63, 3.8) is 0 Å². The van der Waals surface area contributed by atoms with Gasteiger partial charge in [0, 0.05) is 0 Å². The molecule has 1 unspecified atom stereocenters. The van der Waals surface area contributed by atoms with E-state index in [9.17, 15) is 0 Å². The third-order valence-corrected chi connectivity index (χ3v) is 5.77. The van der Waals surface area contributed by atoms with E-state index >= 15 is 0 Å². The molecular formula is C24H51N. The predicted octanol–water partition coefficient (Wildman–Crippen LogP) is 8.40. The van der Waals surface area contributed by atoms with E-state index in [0.717, 1.165) is 12.5 Å². The molecule has 0 aliphatic rings. The van der Waals surface area contributed by atoms with Crippen molar-refractivity contribution in [1.82, 2.24) is 0 Å². The van der Waals surface area contributed by atoms with E-state index in [-0.39, 0.29) is 0 Å². The monoisotopic (exact) mass is 353 g/mol. The molecule has 0 radical (unpaired) electrons. The molecule has 0 bridgehead atoms. The van der Waals surface area contributed by atoms with Gasteiger partial charge >= 0.3 is 0 Å². The van der Waals surface area contributed by atoms with Crippen LogP contribution >= 0.6 is 0 Å². The molecule has 0 saturated heterocycles. The molecule has 0 fully saturated rings. The van der Waals surface area contributed by atoms with Gasteiger partial charge in [-0.2, -0.15) is 0 Å². The number of nitrogens with two attached hydrogens (primary N) is 1. The van der Waals surface area contributed by atoms with Crippen LogP contribution < -0.4 is 5.73 Å². The Balaban J connectivity index is 3.24. The van der Waals surface area contributed by atoms with Crippen molar-refractivity contribution in [3.05, 3.63) is 0 Å². The number of unbranched alkanes of at least 4 members (excludes halogenated alkanes) is 16. The van der Waals surface area contributed by atoms with Crippen molar-refractivity contribution in [2.24, 2.45) is 11.7 Å². The van der Waals surface area contributed by atoms with E-state index in [0.29, 0.717) is 0 Å². The van der Waals surface area contributed by atoms with Crippen LogP contribution in [0.25, 0.3) is 0 Å². The summed E-state index contributed by atoms with van der Waals surface area (Å²) in [5.41, 5.74) is 5.97. The van der Waals surface area contributed by atoms with Crippen LogP contribution in [0.4, 0.5) is 0 Å². The molecule has 1 nitrogen and oxygen atoms in total. The van der Waals surface area contributed by atoms with Gasteiger partial charge in [0.1, 0.15) is 0 Å². The highest BCUT2D eigenvalue weighted by molar-refractivity contribution is 4.61. The molecule has 0 saturated carbocycles. The highest BCUT2D eigenvalue weighted by atomic mass is 14.5. The van der Waals surface area contributed by atoms with Crippen LogP contribution in [0.15, 0.2) is 0 Å². The minimum atomic E-state index is 0.800. The third-order valence-electron chi connectivity index (χ3n) is 5.77. The zero-order chi connectivity index (χ0) is 18.4. The molecule has 0 aromatic carbocycles. The first-order chi connectivity index (χ1) is 12.3. The van der Waals surface area contributed by atoms with Gasteiger partial charge < -0.3 is 5.73 Å². The second kappa shape index (κ2) is 22.0. The maximum absolute atomic E-state index is 5.97. The van der Waals surface area contributed by atoms with Gasteiger partial charge in [-0.1, -0.05) is 129 Å². The standard InChI is InChI=1S/C24H51N/c1-3-5-7-9-11-12-13-14-15-16-18-20-22-24(23-25)21-19-17-10-8-6-4-2/h24H,3-23,25H2,1-2H3. The molecule has 0 rings (SSSR count). The summed E-state index contributed by atoms with van der Waals surface area (Å²) in [6, 6.07) is 0. The van der Waals surface area contributed by atoms with Crippen molar-refractivity contribution in [2.75, 3.05) is 6.54 Å². The lowest BCUT2D eigenvalue weighted by molar-refractivity contribution is 0.410. The van der Waals surface area contributed by atoms with E-state index in [1.54, 1.807) is 0 Å². The Labute approximate surface area is 160 Å². The van der Waals surface area contributed by atoms with Crippen LogP contribution in [0.5, 0.6) is 0 Å². The SMILES string of the molecule is CCCCCCCCCCCCCCC(CN)CCCCCCCC. The molecule has 25 heavy (non-hydrogen) atoms. The van der Waals surface area contributed by atoms with Crippen molar-refractivity contribution < 1.29 is 0 Å². The Hall–Kier alpha value is -0.0400. The van der Waals surface area contributed by atoms with Crippen molar-refractivity contribution in [2.45, 2.75) is 142 Å². The van der Waals surface area contributed by atoms with Crippen LogP contribution in [-0.2, 0) is 0 Å². The quantitative estimate of drug-likeness (QED) is 0.206. The Bertz CT molecular complexity index is 226. The fourth-order valence-electron chi connectivity index (χ4n) is 3.87. The van der Waals surface area contributed by atoms with Gasteiger partial charge in [-0.3, -0.25) is 0 Å². The second-order valence-electron chi connectivity index (χ2n) is 8.34. The molecular weight excluding hydrogens is 302 g/mol. The normalized spacial score (nSPS) is 12.6. The Kier molecular flexibility index (Phi) is 22.0. The fourth-order valence-corrected chi connectivity index (χ4v) is 3.87. The first kappa shape index (κ1) is 25.0. The maximum Gasteiger partial charge on any atom is -0.00489 e. The van der Waals surface area contributed by atoms with E-state index in [2.05, 4.69) is 13.8 Å². The molecule has 0 aliphatic heterocycles. The summed E-state index contributed by atoms with van der Waals surface area (Å²) in [4.78, 5) is 0. The Morgan fingerprint density at radius 3 is 1.00 bits per heavy atom. The zero-order valence-corrected chi connectivity index (χ0v) is 18.0. The summed E-state index contributed by atoms with van der Waals surface area (Å²) in [5, 5.41) is 0. The lowest BCUT2D eigenvalue weighted by Gasteiger charge is -2.14. The lowest BCUT2D eigenvalue weighted by atomic mass is 9.94. The minimum absolute atomic E-state index is 0.800. The molecule has 2 N–H and O–H groups in total. The molecule has 0 aromatic rings. The van der Waals surface area contributed by atoms with Gasteiger partial charge in [-0.15, -0.1) is 0 Å². The number of hydrogen-bond acceptors (Lipinski definition) is 1. The summed E-state index contributed by atoms with van der Waals surface area (Å²) < 4.78 is 0. The van der Waals surface area contributed by atoms with Crippen LogP contribution in [0, 0.1) is 5.92 Å². The largest absolute Gasteiger partial charge is 0.330 e. The van der Waals surface area contributed by atoms with Gasteiger partial charge in [-0.05, 0) is 25.3 Å². The van der Waals surface area contributed by atoms with Crippen LogP contribution in [0.1, 0.15) is 142 Å². The summed E-state index contributed by atoms with van der Waals surface area (Å²) >= 11 is 0. The molecule has 152 valence electrons. The smallest absolute Gasteiger partial charge is 0.00489 e. The van der Waals surface area contributed by atoms with Gasteiger partial charge in [0.05, 0.1) is 0 Å². The van der Waals surface area contributed by atoms with Gasteiger partial charge in [0.25, 0.3) is 0 Å². The average molecular weight is 354 g/mol. The van der Waals surface area contributed by atoms with E-state index in [1.807, 2.05) is 0 Å². The highest BCUT2D eigenvalue weighted by Gasteiger charge is 2.06. The first-order valence-electron chi connectivity index (χ1n) is 12.0. The van der Waals surface area contributed by atoms with Crippen molar-refractivity contribution in [3.8, 4) is 0 Å². The maximum atomic E-state index is 5.97. The van der Waals surface area contributed by atoms with Crippen molar-refractivity contribution >= 4 is 0 Å². The molecule has 1 atom stereocenters. The van der Waals surface area contributed by atoms with Gasteiger partial charge in [0.2, 0.25) is 0 Å². The van der Waals surface area contributed by atoms with E-state index in [1.165, 1.54) is 128 Å². The molecule has 1 heteroatoms. The number of rotatable bonds is 21. The summed E-state index contributed by atoms with van der Waals surface area (Å²) in [6.45, 7) is 5.50. The van der Waals surface area contributed by atoms with E-state index < -0.39 is 0 Å². The van der Waals surface area contributed by atoms with E-state index in [4.69, 9.17) is 5.73 Å². The molecule has 0 aliphatic carbocycles. The third kappa shape index (κ3) is 20.1. The van der Waals surface area contributed by atoms with Crippen LogP contribution in [-0.4, -0.2) is 6.54 Å². The minimum Gasteiger partial charge on any atom is -0.330 e. The highest BCUT2D eigenvalue weighted by Crippen LogP contribution is 2.18. The molecule has 0 spiro atoms. The Morgan fingerprint density at radius 2 is 0.720 bits per heavy atom. The Morgan fingerprint density at radius 1 is 0.440 bits per heavy atom.